The Morgan fingerprint density at radius 2 is 1.66 bits per heavy atom. The lowest BCUT2D eigenvalue weighted by Crippen LogP contribution is -2.35. The Hall–Kier alpha value is -3.95. The van der Waals surface area contributed by atoms with Gasteiger partial charge in [0.2, 0.25) is 0 Å². The molecule has 0 bridgehead atoms. The summed E-state index contributed by atoms with van der Waals surface area (Å²) in [6, 6.07) is 12.5. The first kappa shape index (κ1) is 27.1. The number of nitrogens with zero attached hydrogens (tertiary/aromatic N) is 2. The van der Waals surface area contributed by atoms with E-state index in [2.05, 4.69) is 15.6 Å². The molecule has 2 aromatic carbocycles. The number of benzene rings is 2. The molecule has 1 saturated heterocycles. The maximum Gasteiger partial charge on any atom is 0.259 e. The number of carbonyl (C=O) groups is 3. The second-order valence-electron chi connectivity index (χ2n) is 8.55. The maximum absolute atomic E-state index is 13.2. The van der Waals surface area contributed by atoms with Crippen LogP contribution in [0.1, 0.15) is 45.5 Å². The smallest absolute Gasteiger partial charge is 0.259 e. The van der Waals surface area contributed by atoms with Gasteiger partial charge < -0.3 is 20.3 Å². The van der Waals surface area contributed by atoms with E-state index in [9.17, 15) is 14.4 Å². The first-order chi connectivity index (χ1) is 18.4. The summed E-state index contributed by atoms with van der Waals surface area (Å²) in [7, 11) is 0. The number of rotatable bonds is 8. The zero-order valence-electron chi connectivity index (χ0n) is 20.3. The average Bonchev–Trinajstić information content (AvgIpc) is 2.94. The standard InChI is InChI=1S/C27H25Cl2N5O4/c28-19-8-9-23(31-16-19)32-27(37)21-14-20(29)15-22(38-13-12-35)24(21)33-26(36)18-6-4-17(5-7-18)25(30)34-10-2-1-3-11-34/h4-9,12,14-16,30H,1-3,10-11,13H2,(H,33,36)(H,31,32,37). The zero-order valence-corrected chi connectivity index (χ0v) is 21.8. The fourth-order valence-corrected chi connectivity index (χ4v) is 4.35. The highest BCUT2D eigenvalue weighted by molar-refractivity contribution is 6.32. The normalized spacial score (nSPS) is 12.9. The van der Waals surface area contributed by atoms with Gasteiger partial charge in [-0.15, -0.1) is 0 Å². The highest BCUT2D eigenvalue weighted by Gasteiger charge is 2.22. The summed E-state index contributed by atoms with van der Waals surface area (Å²) in [6.45, 7) is 1.38. The fraction of sp³-hybridized carbons (Fsp3) is 0.222. The number of amidine groups is 1. The third kappa shape index (κ3) is 6.67. The molecule has 1 aliphatic heterocycles. The first-order valence-electron chi connectivity index (χ1n) is 11.9. The number of hydrogen-bond acceptors (Lipinski definition) is 6. The lowest BCUT2D eigenvalue weighted by molar-refractivity contribution is -0.109. The molecule has 2 heterocycles. The number of likely N-dealkylation sites (tertiary alicyclic amines) is 1. The molecule has 3 N–H and O–H groups in total. The molecule has 0 spiro atoms. The van der Waals surface area contributed by atoms with Gasteiger partial charge in [0.05, 0.1) is 16.3 Å². The molecular weight excluding hydrogens is 529 g/mol. The topological polar surface area (TPSA) is 124 Å². The number of anilines is 2. The Morgan fingerprint density at radius 1 is 0.947 bits per heavy atom. The van der Waals surface area contributed by atoms with Gasteiger partial charge in [-0.05, 0) is 49.6 Å². The number of aldehydes is 1. The van der Waals surface area contributed by atoms with Gasteiger partial charge in [-0.1, -0.05) is 35.3 Å². The van der Waals surface area contributed by atoms with Crippen LogP contribution in [0.5, 0.6) is 5.75 Å². The number of nitrogens with one attached hydrogen (secondary N) is 3. The van der Waals surface area contributed by atoms with Crippen molar-refractivity contribution in [2.24, 2.45) is 0 Å². The highest BCUT2D eigenvalue weighted by Crippen LogP contribution is 2.34. The van der Waals surface area contributed by atoms with E-state index < -0.39 is 11.8 Å². The summed E-state index contributed by atoms with van der Waals surface area (Å²) in [5.41, 5.74) is 1.06. The molecule has 4 rings (SSSR count). The maximum atomic E-state index is 13.2. The molecular formula is C27H25Cl2N5O4. The number of amides is 2. The van der Waals surface area contributed by atoms with Crippen LogP contribution < -0.4 is 15.4 Å². The van der Waals surface area contributed by atoms with Gasteiger partial charge in [0.1, 0.15) is 24.0 Å². The summed E-state index contributed by atoms with van der Waals surface area (Å²) in [5, 5.41) is 14.4. The molecule has 0 unspecified atom stereocenters. The van der Waals surface area contributed by atoms with Gasteiger partial charge in [-0.2, -0.15) is 0 Å². The summed E-state index contributed by atoms with van der Waals surface area (Å²) in [4.78, 5) is 43.3. The second-order valence-corrected chi connectivity index (χ2v) is 9.42. The van der Waals surface area contributed by atoms with Crippen molar-refractivity contribution in [3.63, 3.8) is 0 Å². The Kier molecular flexibility index (Phi) is 8.93. The molecule has 11 heteroatoms. The number of hydrogen-bond donors (Lipinski definition) is 3. The predicted octanol–water partition coefficient (Wildman–Crippen LogP) is 5.28. The molecule has 196 valence electrons. The van der Waals surface area contributed by atoms with Crippen LogP contribution in [0.2, 0.25) is 10.0 Å². The summed E-state index contributed by atoms with van der Waals surface area (Å²) in [6.07, 6.45) is 5.21. The van der Waals surface area contributed by atoms with Gasteiger partial charge in [-0.3, -0.25) is 19.8 Å². The van der Waals surface area contributed by atoms with Crippen molar-refractivity contribution >= 4 is 58.6 Å². The number of carbonyl (C=O) groups excluding carboxylic acids is 3. The first-order valence-corrected chi connectivity index (χ1v) is 12.7. The summed E-state index contributed by atoms with van der Waals surface area (Å²) < 4.78 is 5.46. The van der Waals surface area contributed by atoms with Crippen LogP contribution in [0, 0.1) is 5.41 Å². The van der Waals surface area contributed by atoms with Gasteiger partial charge in [0.25, 0.3) is 11.8 Å². The van der Waals surface area contributed by atoms with Gasteiger partial charge >= 0.3 is 0 Å². The second kappa shape index (κ2) is 12.5. The van der Waals surface area contributed by atoms with E-state index >= 15 is 0 Å². The Labute approximate surface area is 229 Å². The van der Waals surface area contributed by atoms with Crippen LogP contribution in [0.3, 0.4) is 0 Å². The molecule has 2 amide bonds. The minimum absolute atomic E-state index is 0.00648. The molecule has 0 aliphatic carbocycles. The third-order valence-corrected chi connectivity index (χ3v) is 6.36. The van der Waals surface area contributed by atoms with Crippen LogP contribution in [0.4, 0.5) is 11.5 Å². The van der Waals surface area contributed by atoms with Gasteiger partial charge in [0, 0.05) is 41.5 Å². The number of pyridine rings is 1. The van der Waals surface area contributed by atoms with Crippen molar-refractivity contribution in [1.82, 2.24) is 9.88 Å². The largest absolute Gasteiger partial charge is 0.484 e. The van der Waals surface area contributed by atoms with E-state index in [4.69, 9.17) is 33.3 Å². The van der Waals surface area contributed by atoms with E-state index in [-0.39, 0.29) is 34.4 Å². The van der Waals surface area contributed by atoms with E-state index in [1.54, 1.807) is 30.3 Å². The van der Waals surface area contributed by atoms with Crippen LogP contribution >= 0.6 is 23.2 Å². The lowest BCUT2D eigenvalue weighted by Gasteiger charge is -2.29. The molecule has 0 saturated carbocycles. The van der Waals surface area contributed by atoms with E-state index in [1.165, 1.54) is 30.8 Å². The fourth-order valence-electron chi connectivity index (χ4n) is 4.03. The molecule has 0 atom stereocenters. The quantitative estimate of drug-likeness (QED) is 0.198. The van der Waals surface area contributed by atoms with Gasteiger partial charge in [-0.25, -0.2) is 4.98 Å². The minimum atomic E-state index is -0.612. The molecule has 1 aromatic heterocycles. The van der Waals surface area contributed by atoms with Crippen LogP contribution in [0.25, 0.3) is 0 Å². The van der Waals surface area contributed by atoms with Gasteiger partial charge in [0.15, 0.2) is 6.29 Å². The Balaban J connectivity index is 1.58. The molecule has 1 fully saturated rings. The van der Waals surface area contributed by atoms with Crippen molar-refractivity contribution in [3.8, 4) is 5.75 Å². The Morgan fingerprint density at radius 3 is 2.32 bits per heavy atom. The van der Waals surface area contributed by atoms with Crippen LogP contribution in [-0.4, -0.2) is 53.5 Å². The van der Waals surface area contributed by atoms with E-state index in [0.29, 0.717) is 28.3 Å². The van der Waals surface area contributed by atoms with Crippen molar-refractivity contribution in [2.45, 2.75) is 19.3 Å². The van der Waals surface area contributed by atoms with Crippen molar-refractivity contribution in [3.05, 3.63) is 81.5 Å². The van der Waals surface area contributed by atoms with Crippen molar-refractivity contribution in [1.29, 1.82) is 5.41 Å². The van der Waals surface area contributed by atoms with Crippen LogP contribution in [0.15, 0.2) is 54.7 Å². The molecule has 3 aromatic rings. The molecule has 0 radical (unpaired) electrons. The average molecular weight is 554 g/mol. The van der Waals surface area contributed by atoms with Crippen molar-refractivity contribution in [2.75, 3.05) is 30.3 Å². The molecule has 9 nitrogen and oxygen atoms in total. The van der Waals surface area contributed by atoms with E-state index in [1.807, 2.05) is 4.90 Å². The predicted molar refractivity (Wildman–Crippen MR) is 147 cm³/mol. The number of piperidine rings is 1. The number of aromatic nitrogens is 1. The third-order valence-electron chi connectivity index (χ3n) is 5.92. The number of halogens is 2. The zero-order chi connectivity index (χ0) is 27.1. The summed E-state index contributed by atoms with van der Waals surface area (Å²) in [5.74, 6) is -0.417. The monoisotopic (exact) mass is 553 g/mol. The SMILES string of the molecule is N=C(c1ccc(C(=O)Nc2c(OCC=O)cc(Cl)cc2C(=O)Nc2ccc(Cl)cn2)cc1)N1CCCCC1. The number of ether oxygens (including phenoxy) is 1. The van der Waals surface area contributed by atoms with Crippen LogP contribution in [-0.2, 0) is 4.79 Å². The molecule has 1 aliphatic rings. The highest BCUT2D eigenvalue weighted by atomic mass is 35.5. The molecule has 38 heavy (non-hydrogen) atoms. The summed E-state index contributed by atoms with van der Waals surface area (Å²) >= 11 is 12.1. The lowest BCUT2D eigenvalue weighted by atomic mass is 10.1. The minimum Gasteiger partial charge on any atom is -0.484 e. The van der Waals surface area contributed by atoms with E-state index in [0.717, 1.165) is 25.9 Å². The van der Waals surface area contributed by atoms with Crippen molar-refractivity contribution < 1.29 is 19.1 Å². The Bertz CT molecular complexity index is 1340.